The first-order chi connectivity index (χ1) is 8.60. The van der Waals surface area contributed by atoms with E-state index in [9.17, 15) is 9.90 Å². The Hall–Kier alpha value is -0.880. The summed E-state index contributed by atoms with van der Waals surface area (Å²) >= 11 is 3.28. The normalized spacial score (nSPS) is 12.4. The number of halogens is 1. The van der Waals surface area contributed by atoms with Crippen LogP contribution in [0.25, 0.3) is 0 Å². The minimum absolute atomic E-state index is 0.139. The van der Waals surface area contributed by atoms with Gasteiger partial charge in [0, 0.05) is 13.1 Å². The number of aromatic nitrogens is 2. The summed E-state index contributed by atoms with van der Waals surface area (Å²) in [5.74, 6) is 0. The van der Waals surface area contributed by atoms with Gasteiger partial charge in [0.1, 0.15) is 4.47 Å². The van der Waals surface area contributed by atoms with Gasteiger partial charge in [-0.15, -0.1) is 0 Å². The predicted molar refractivity (Wildman–Crippen MR) is 75.9 cm³/mol. The number of hydrogen-bond donors (Lipinski definition) is 2. The number of aliphatic hydroxyl groups is 1. The predicted octanol–water partition coefficient (Wildman–Crippen LogP) is 1.99. The minimum atomic E-state index is -0.417. The number of unbranched alkanes of at least 4 members (excludes halogenated alkanes) is 1. The second-order valence-corrected chi connectivity index (χ2v) is 4.99. The molecule has 5 nitrogen and oxygen atoms in total. The molecular formula is C12H20BrN3O2. The van der Waals surface area contributed by atoms with Crippen LogP contribution in [-0.4, -0.2) is 27.5 Å². The van der Waals surface area contributed by atoms with E-state index in [-0.39, 0.29) is 5.56 Å². The molecule has 0 aliphatic rings. The summed E-state index contributed by atoms with van der Waals surface area (Å²) in [4.78, 5) is 12.0. The van der Waals surface area contributed by atoms with Crippen molar-refractivity contribution in [3.05, 3.63) is 21.0 Å². The second-order valence-electron chi connectivity index (χ2n) is 4.20. The number of nitrogens with one attached hydrogen (secondary N) is 1. The summed E-state index contributed by atoms with van der Waals surface area (Å²) in [5, 5.41) is 16.6. The van der Waals surface area contributed by atoms with Crippen molar-refractivity contribution in [2.45, 2.75) is 45.8 Å². The van der Waals surface area contributed by atoms with Gasteiger partial charge >= 0.3 is 0 Å². The largest absolute Gasteiger partial charge is 0.391 e. The van der Waals surface area contributed by atoms with Gasteiger partial charge in [-0.3, -0.25) is 4.79 Å². The van der Waals surface area contributed by atoms with Gasteiger partial charge in [0.2, 0.25) is 0 Å². The lowest BCUT2D eigenvalue weighted by Crippen LogP contribution is -2.26. The van der Waals surface area contributed by atoms with E-state index in [0.29, 0.717) is 29.7 Å². The summed E-state index contributed by atoms with van der Waals surface area (Å²) < 4.78 is 1.92. The molecule has 0 bridgehead atoms. The molecule has 18 heavy (non-hydrogen) atoms. The fourth-order valence-electron chi connectivity index (χ4n) is 1.43. The number of nitrogens with zero attached hydrogens (tertiary/aromatic N) is 2. The quantitative estimate of drug-likeness (QED) is 0.807. The van der Waals surface area contributed by atoms with Crippen molar-refractivity contribution in [2.75, 3.05) is 11.9 Å². The molecule has 0 aromatic carbocycles. The van der Waals surface area contributed by atoms with Gasteiger partial charge in [0.25, 0.3) is 5.56 Å². The third kappa shape index (κ3) is 4.10. The molecule has 0 aliphatic carbocycles. The Kier molecular flexibility index (Phi) is 6.35. The molecule has 1 aromatic rings. The summed E-state index contributed by atoms with van der Waals surface area (Å²) in [6, 6.07) is 0. The van der Waals surface area contributed by atoms with Crippen molar-refractivity contribution < 1.29 is 5.11 Å². The maximum Gasteiger partial charge on any atom is 0.283 e. The molecule has 1 atom stereocenters. The van der Waals surface area contributed by atoms with Crippen LogP contribution in [0.4, 0.5) is 5.69 Å². The zero-order valence-corrected chi connectivity index (χ0v) is 12.4. The first-order valence-corrected chi connectivity index (χ1v) is 7.07. The van der Waals surface area contributed by atoms with E-state index < -0.39 is 6.10 Å². The Bertz CT molecular complexity index is 434. The standard InChI is InChI=1S/C12H20BrN3O2/c1-3-5-6-16-12(18)11(13)10(8-15-16)14-7-9(17)4-2/h8-9,14,17H,3-7H2,1-2H3. The molecule has 0 amide bonds. The van der Waals surface area contributed by atoms with E-state index in [2.05, 4.69) is 33.3 Å². The molecular weight excluding hydrogens is 298 g/mol. The monoisotopic (exact) mass is 317 g/mol. The maximum atomic E-state index is 12.0. The van der Waals surface area contributed by atoms with Crippen LogP contribution in [-0.2, 0) is 6.54 Å². The smallest absolute Gasteiger partial charge is 0.283 e. The molecule has 0 saturated heterocycles. The highest BCUT2D eigenvalue weighted by Crippen LogP contribution is 2.16. The molecule has 1 rings (SSSR count). The molecule has 102 valence electrons. The van der Waals surface area contributed by atoms with Crippen molar-refractivity contribution >= 4 is 21.6 Å². The van der Waals surface area contributed by atoms with Crippen molar-refractivity contribution in [3.8, 4) is 0 Å². The van der Waals surface area contributed by atoms with E-state index in [4.69, 9.17) is 0 Å². The Morgan fingerprint density at radius 1 is 1.56 bits per heavy atom. The third-order valence-corrected chi connectivity index (χ3v) is 3.47. The molecule has 0 radical (unpaired) electrons. The molecule has 0 saturated carbocycles. The SMILES string of the molecule is CCCCn1ncc(NCC(O)CC)c(Br)c1=O. The lowest BCUT2D eigenvalue weighted by molar-refractivity contribution is 0.183. The summed E-state index contributed by atoms with van der Waals surface area (Å²) in [7, 11) is 0. The number of hydrogen-bond acceptors (Lipinski definition) is 4. The Labute approximate surface area is 115 Å². The van der Waals surface area contributed by atoms with E-state index >= 15 is 0 Å². The van der Waals surface area contributed by atoms with Gasteiger partial charge in [-0.2, -0.15) is 5.10 Å². The zero-order valence-electron chi connectivity index (χ0n) is 10.8. The van der Waals surface area contributed by atoms with Crippen LogP contribution in [0.15, 0.2) is 15.5 Å². The highest BCUT2D eigenvalue weighted by molar-refractivity contribution is 9.10. The van der Waals surface area contributed by atoms with Gasteiger partial charge < -0.3 is 10.4 Å². The molecule has 1 unspecified atom stereocenters. The lowest BCUT2D eigenvalue weighted by Gasteiger charge is -2.12. The second kappa shape index (κ2) is 7.53. The lowest BCUT2D eigenvalue weighted by atomic mass is 10.3. The Balaban J connectivity index is 2.77. The fourth-order valence-corrected chi connectivity index (χ4v) is 1.87. The molecule has 1 aromatic heterocycles. The van der Waals surface area contributed by atoms with Crippen LogP contribution in [0.5, 0.6) is 0 Å². The van der Waals surface area contributed by atoms with Gasteiger partial charge in [-0.05, 0) is 28.8 Å². The first-order valence-electron chi connectivity index (χ1n) is 6.27. The first kappa shape index (κ1) is 15.2. The van der Waals surface area contributed by atoms with Crippen LogP contribution in [0.3, 0.4) is 0 Å². The van der Waals surface area contributed by atoms with Gasteiger partial charge in [0.15, 0.2) is 0 Å². The van der Waals surface area contributed by atoms with E-state index in [1.165, 1.54) is 4.68 Å². The number of aliphatic hydroxyl groups excluding tert-OH is 1. The average molecular weight is 318 g/mol. The maximum absolute atomic E-state index is 12.0. The van der Waals surface area contributed by atoms with Crippen molar-refractivity contribution in [3.63, 3.8) is 0 Å². The van der Waals surface area contributed by atoms with Crippen LogP contribution >= 0.6 is 15.9 Å². The van der Waals surface area contributed by atoms with Gasteiger partial charge in [-0.25, -0.2) is 4.68 Å². The van der Waals surface area contributed by atoms with E-state index in [1.807, 2.05) is 6.92 Å². The molecule has 0 fully saturated rings. The molecule has 0 spiro atoms. The summed E-state index contributed by atoms with van der Waals surface area (Å²) in [5.41, 5.74) is 0.486. The molecule has 2 N–H and O–H groups in total. The van der Waals surface area contributed by atoms with Crippen LogP contribution < -0.4 is 10.9 Å². The fraction of sp³-hybridized carbons (Fsp3) is 0.667. The molecule has 1 heterocycles. The third-order valence-electron chi connectivity index (χ3n) is 2.71. The van der Waals surface area contributed by atoms with Crippen LogP contribution in [0.1, 0.15) is 33.1 Å². The van der Waals surface area contributed by atoms with E-state index in [1.54, 1.807) is 6.20 Å². The topological polar surface area (TPSA) is 67.2 Å². The summed E-state index contributed by atoms with van der Waals surface area (Å²) in [6.45, 7) is 5.02. The number of aryl methyl sites for hydroxylation is 1. The van der Waals surface area contributed by atoms with Crippen LogP contribution in [0.2, 0.25) is 0 Å². The van der Waals surface area contributed by atoms with Crippen molar-refractivity contribution in [1.29, 1.82) is 0 Å². The Morgan fingerprint density at radius 3 is 2.89 bits per heavy atom. The highest BCUT2D eigenvalue weighted by atomic mass is 79.9. The molecule has 6 heteroatoms. The van der Waals surface area contributed by atoms with Gasteiger partial charge in [0.05, 0.1) is 18.0 Å². The van der Waals surface area contributed by atoms with Gasteiger partial charge in [-0.1, -0.05) is 20.3 Å². The van der Waals surface area contributed by atoms with Crippen molar-refractivity contribution in [1.82, 2.24) is 9.78 Å². The zero-order chi connectivity index (χ0) is 13.5. The van der Waals surface area contributed by atoms with E-state index in [0.717, 1.165) is 12.8 Å². The highest BCUT2D eigenvalue weighted by Gasteiger charge is 2.09. The number of rotatable bonds is 7. The van der Waals surface area contributed by atoms with Crippen LogP contribution in [0, 0.1) is 0 Å². The Morgan fingerprint density at radius 2 is 2.28 bits per heavy atom. The summed E-state index contributed by atoms with van der Waals surface area (Å²) in [6.07, 6.45) is 3.82. The minimum Gasteiger partial charge on any atom is -0.391 e. The average Bonchev–Trinajstić information content (AvgIpc) is 2.39. The number of anilines is 1. The van der Waals surface area contributed by atoms with Crippen molar-refractivity contribution in [2.24, 2.45) is 0 Å². The molecule has 0 aliphatic heterocycles.